The molecule has 8 heteroatoms. The van der Waals surface area contributed by atoms with Crippen molar-refractivity contribution in [2.75, 3.05) is 32.9 Å². The second kappa shape index (κ2) is 8.26. The van der Waals surface area contributed by atoms with Crippen LogP contribution in [0.15, 0.2) is 22.7 Å². The van der Waals surface area contributed by atoms with E-state index in [9.17, 15) is 14.0 Å². The van der Waals surface area contributed by atoms with Gasteiger partial charge in [-0.15, -0.1) is 0 Å². The summed E-state index contributed by atoms with van der Waals surface area (Å²) in [6, 6.07) is 3.27. The summed E-state index contributed by atoms with van der Waals surface area (Å²) < 4.78 is 23.9. The van der Waals surface area contributed by atoms with E-state index in [-0.39, 0.29) is 12.5 Å². The molecule has 0 saturated carbocycles. The number of rotatable bonds is 5. The number of halogens is 2. The highest BCUT2D eigenvalue weighted by molar-refractivity contribution is 9.10. The van der Waals surface area contributed by atoms with Gasteiger partial charge in [0.1, 0.15) is 17.6 Å². The predicted octanol–water partition coefficient (Wildman–Crippen LogP) is 1.33. The van der Waals surface area contributed by atoms with Crippen molar-refractivity contribution in [3.63, 3.8) is 0 Å². The molecule has 126 valence electrons. The molecule has 1 aromatic rings. The van der Waals surface area contributed by atoms with Gasteiger partial charge >= 0.3 is 0 Å². The van der Waals surface area contributed by atoms with Crippen molar-refractivity contribution >= 4 is 27.7 Å². The monoisotopic (exact) mass is 388 g/mol. The maximum absolute atomic E-state index is 13.0. The van der Waals surface area contributed by atoms with Crippen molar-refractivity contribution in [2.45, 2.75) is 13.0 Å². The average molecular weight is 389 g/mol. The first-order chi connectivity index (χ1) is 11.0. The molecule has 1 unspecified atom stereocenters. The van der Waals surface area contributed by atoms with Crippen molar-refractivity contribution in [3.05, 3.63) is 28.5 Å². The molecule has 1 fully saturated rings. The zero-order valence-electron chi connectivity index (χ0n) is 12.7. The quantitative estimate of drug-likeness (QED) is 0.825. The van der Waals surface area contributed by atoms with Crippen LogP contribution in [0.4, 0.5) is 4.39 Å². The van der Waals surface area contributed by atoms with Gasteiger partial charge in [-0.3, -0.25) is 9.59 Å². The number of amides is 2. The van der Waals surface area contributed by atoms with E-state index in [0.717, 1.165) is 0 Å². The standard InChI is InChI=1S/C15H18BrFN2O4/c1-10(15(21)19-4-6-22-7-5-19)18-14(20)9-23-13-3-2-11(17)8-12(13)16/h2-3,8,10H,4-7,9H2,1H3,(H,18,20). The minimum atomic E-state index is -0.638. The van der Waals surface area contributed by atoms with Crippen LogP contribution >= 0.6 is 15.9 Å². The van der Waals surface area contributed by atoms with Gasteiger partial charge in [-0.05, 0) is 41.1 Å². The zero-order valence-corrected chi connectivity index (χ0v) is 14.3. The lowest BCUT2D eigenvalue weighted by Crippen LogP contribution is -2.51. The molecule has 0 aromatic heterocycles. The first kappa shape index (κ1) is 17.7. The molecule has 6 nitrogen and oxygen atoms in total. The summed E-state index contributed by atoms with van der Waals surface area (Å²) in [6.45, 7) is 3.44. The Morgan fingerprint density at radius 3 is 2.78 bits per heavy atom. The lowest BCUT2D eigenvalue weighted by atomic mass is 10.2. The van der Waals surface area contributed by atoms with E-state index in [2.05, 4.69) is 21.2 Å². The molecular formula is C15H18BrFN2O4. The molecule has 1 heterocycles. The molecule has 1 aromatic carbocycles. The Kier molecular flexibility index (Phi) is 6.35. The molecule has 0 spiro atoms. The van der Waals surface area contributed by atoms with E-state index in [0.29, 0.717) is 36.5 Å². The number of hydrogen-bond donors (Lipinski definition) is 1. The number of carbonyl (C=O) groups excluding carboxylic acids is 2. The van der Waals surface area contributed by atoms with Gasteiger partial charge in [0.05, 0.1) is 17.7 Å². The number of nitrogens with one attached hydrogen (secondary N) is 1. The highest BCUT2D eigenvalue weighted by Crippen LogP contribution is 2.25. The van der Waals surface area contributed by atoms with Gasteiger partial charge in [0.15, 0.2) is 6.61 Å². The molecule has 1 N–H and O–H groups in total. The Labute approximate surface area is 142 Å². The molecule has 2 amide bonds. The molecular weight excluding hydrogens is 371 g/mol. The minimum absolute atomic E-state index is 0.149. The van der Waals surface area contributed by atoms with Crippen molar-refractivity contribution in [1.29, 1.82) is 0 Å². The van der Waals surface area contributed by atoms with Gasteiger partial charge < -0.3 is 19.7 Å². The van der Waals surface area contributed by atoms with E-state index in [4.69, 9.17) is 9.47 Å². The van der Waals surface area contributed by atoms with Crippen LogP contribution in [0.1, 0.15) is 6.92 Å². The molecule has 1 atom stereocenters. The molecule has 0 bridgehead atoms. The Morgan fingerprint density at radius 1 is 1.43 bits per heavy atom. The number of benzene rings is 1. The van der Waals surface area contributed by atoms with Gasteiger partial charge in [0.2, 0.25) is 5.91 Å². The second-order valence-corrected chi connectivity index (χ2v) is 5.94. The third-order valence-corrected chi connectivity index (χ3v) is 3.94. The van der Waals surface area contributed by atoms with Crippen LogP contribution in [-0.2, 0) is 14.3 Å². The molecule has 1 aliphatic heterocycles. The number of morpholine rings is 1. The highest BCUT2D eigenvalue weighted by atomic mass is 79.9. The van der Waals surface area contributed by atoms with Crippen LogP contribution in [-0.4, -0.2) is 55.7 Å². The van der Waals surface area contributed by atoms with Crippen LogP contribution in [0.25, 0.3) is 0 Å². The van der Waals surface area contributed by atoms with Gasteiger partial charge in [0, 0.05) is 13.1 Å². The van der Waals surface area contributed by atoms with Crippen LogP contribution < -0.4 is 10.1 Å². The fraction of sp³-hybridized carbons (Fsp3) is 0.467. The van der Waals surface area contributed by atoms with E-state index < -0.39 is 17.8 Å². The lowest BCUT2D eigenvalue weighted by Gasteiger charge is -2.29. The predicted molar refractivity (Wildman–Crippen MR) is 84.6 cm³/mol. The van der Waals surface area contributed by atoms with Gasteiger partial charge in [-0.1, -0.05) is 0 Å². The Morgan fingerprint density at radius 2 is 2.13 bits per heavy atom. The first-order valence-corrected chi connectivity index (χ1v) is 8.00. The third-order valence-electron chi connectivity index (χ3n) is 3.32. The second-order valence-electron chi connectivity index (χ2n) is 5.09. The van der Waals surface area contributed by atoms with Crippen LogP contribution in [0.2, 0.25) is 0 Å². The maximum Gasteiger partial charge on any atom is 0.258 e. The van der Waals surface area contributed by atoms with E-state index in [1.54, 1.807) is 11.8 Å². The normalized spacial score (nSPS) is 15.9. The lowest BCUT2D eigenvalue weighted by molar-refractivity contribution is -0.139. The molecule has 2 rings (SSSR count). The summed E-state index contributed by atoms with van der Waals surface area (Å²) in [5, 5.41) is 2.59. The zero-order chi connectivity index (χ0) is 16.8. The average Bonchev–Trinajstić information content (AvgIpc) is 2.54. The molecule has 1 aliphatic rings. The van der Waals surface area contributed by atoms with Crippen molar-refractivity contribution in [3.8, 4) is 5.75 Å². The summed E-state index contributed by atoms with van der Waals surface area (Å²) in [5.41, 5.74) is 0. The number of hydrogen-bond acceptors (Lipinski definition) is 4. The SMILES string of the molecule is CC(NC(=O)COc1ccc(F)cc1Br)C(=O)N1CCOCC1. The van der Waals surface area contributed by atoms with E-state index in [1.807, 2.05) is 0 Å². The summed E-state index contributed by atoms with van der Waals surface area (Å²) in [6.07, 6.45) is 0. The van der Waals surface area contributed by atoms with Crippen LogP contribution in [0, 0.1) is 5.82 Å². The smallest absolute Gasteiger partial charge is 0.258 e. The fourth-order valence-electron chi connectivity index (χ4n) is 2.14. The Balaban J connectivity index is 1.80. The third kappa shape index (κ3) is 5.18. The molecule has 0 aliphatic carbocycles. The van der Waals surface area contributed by atoms with Gasteiger partial charge in [-0.25, -0.2) is 4.39 Å². The summed E-state index contributed by atoms with van der Waals surface area (Å²) in [4.78, 5) is 25.7. The topological polar surface area (TPSA) is 67.9 Å². The van der Waals surface area contributed by atoms with E-state index >= 15 is 0 Å². The van der Waals surface area contributed by atoms with Crippen molar-refractivity contribution < 1.29 is 23.5 Å². The maximum atomic E-state index is 13.0. The molecule has 1 saturated heterocycles. The largest absolute Gasteiger partial charge is 0.483 e. The fourth-order valence-corrected chi connectivity index (χ4v) is 2.60. The number of nitrogens with zero attached hydrogens (tertiary/aromatic N) is 1. The molecule has 0 radical (unpaired) electrons. The number of carbonyl (C=O) groups is 2. The first-order valence-electron chi connectivity index (χ1n) is 7.21. The van der Waals surface area contributed by atoms with E-state index in [1.165, 1.54) is 18.2 Å². The highest BCUT2D eigenvalue weighted by Gasteiger charge is 2.23. The minimum Gasteiger partial charge on any atom is -0.483 e. The van der Waals surface area contributed by atoms with Crippen molar-refractivity contribution in [1.82, 2.24) is 10.2 Å². The summed E-state index contributed by atoms with van der Waals surface area (Å²) in [5.74, 6) is -0.618. The molecule has 23 heavy (non-hydrogen) atoms. The Hall–Kier alpha value is -1.67. The van der Waals surface area contributed by atoms with Crippen LogP contribution in [0.5, 0.6) is 5.75 Å². The van der Waals surface area contributed by atoms with Crippen LogP contribution in [0.3, 0.4) is 0 Å². The summed E-state index contributed by atoms with van der Waals surface area (Å²) in [7, 11) is 0. The number of ether oxygens (including phenoxy) is 2. The summed E-state index contributed by atoms with van der Waals surface area (Å²) >= 11 is 3.15. The van der Waals surface area contributed by atoms with Crippen molar-refractivity contribution in [2.24, 2.45) is 0 Å². The van der Waals surface area contributed by atoms with Gasteiger partial charge in [0.25, 0.3) is 5.91 Å². The van der Waals surface area contributed by atoms with Gasteiger partial charge in [-0.2, -0.15) is 0 Å². The Bertz CT molecular complexity index is 579.